The minimum atomic E-state index is -0.119. The van der Waals surface area contributed by atoms with Crippen LogP contribution in [0.4, 0.5) is 5.69 Å². The summed E-state index contributed by atoms with van der Waals surface area (Å²) in [6.07, 6.45) is 6.88. The van der Waals surface area contributed by atoms with Crippen molar-refractivity contribution < 1.29 is 4.79 Å². The Kier molecular flexibility index (Phi) is 6.89. The molecule has 2 atom stereocenters. The molecule has 1 aliphatic heterocycles. The highest BCUT2D eigenvalue weighted by atomic mass is 35.5. The maximum absolute atomic E-state index is 12.5. The van der Waals surface area contributed by atoms with Crippen molar-refractivity contribution in [2.75, 3.05) is 5.32 Å². The minimum Gasteiger partial charge on any atom is -0.364 e. The number of hydrogen-bond donors (Lipinski definition) is 2. The highest BCUT2D eigenvalue weighted by Gasteiger charge is 2.12. The van der Waals surface area contributed by atoms with Crippen molar-refractivity contribution in [2.45, 2.75) is 33.2 Å². The Hall–Kier alpha value is -2.85. The Bertz CT molecular complexity index is 978. The van der Waals surface area contributed by atoms with Crippen LogP contribution in [0.25, 0.3) is 0 Å². The van der Waals surface area contributed by atoms with Gasteiger partial charge in [0.2, 0.25) is 0 Å². The normalized spacial score (nSPS) is 18.6. The monoisotopic (exact) mass is 407 g/mol. The number of allylic oxidation sites excluding steroid dienone is 3. The predicted octanol–water partition coefficient (Wildman–Crippen LogP) is 5.97. The molecular formula is C24H26ClN3O. The first-order chi connectivity index (χ1) is 13.9. The summed E-state index contributed by atoms with van der Waals surface area (Å²) in [6, 6.07) is 15.4. The number of carbonyl (C=O) groups is 1. The quantitative estimate of drug-likeness (QED) is 0.641. The predicted molar refractivity (Wildman–Crippen MR) is 121 cm³/mol. The molecular weight excluding hydrogens is 382 g/mol. The van der Waals surface area contributed by atoms with Gasteiger partial charge in [0.1, 0.15) is 11.0 Å². The standard InChI is InChI=1S/C24H26ClN3O/c1-16-7-4-10-20(13-16)24(29)27-21-11-6-9-19(15-21)18(3)26-23-14-17(2)8-5-12-22(25)28-23/h4-7,9-15,17-18,26H,8H2,1-3H3,(H,27,29)/b12-5+,23-14?,28-22?/t17?,18-/m0/s1. The Balaban J connectivity index is 1.73. The lowest BCUT2D eigenvalue weighted by atomic mass is 10.1. The molecule has 5 heteroatoms. The molecule has 0 saturated carbocycles. The fourth-order valence-electron chi connectivity index (χ4n) is 3.17. The Labute approximate surface area is 177 Å². The molecule has 4 nitrogen and oxygen atoms in total. The highest BCUT2D eigenvalue weighted by molar-refractivity contribution is 6.68. The van der Waals surface area contributed by atoms with Gasteiger partial charge in [0.05, 0.1) is 6.04 Å². The third-order valence-electron chi connectivity index (χ3n) is 4.72. The average molecular weight is 408 g/mol. The van der Waals surface area contributed by atoms with Gasteiger partial charge in [0.25, 0.3) is 5.91 Å². The van der Waals surface area contributed by atoms with Gasteiger partial charge in [-0.05, 0) is 68.2 Å². The van der Waals surface area contributed by atoms with Crippen molar-refractivity contribution >= 4 is 28.4 Å². The van der Waals surface area contributed by atoms with E-state index >= 15 is 0 Å². The zero-order valence-corrected chi connectivity index (χ0v) is 17.7. The number of amides is 1. The van der Waals surface area contributed by atoms with E-state index in [9.17, 15) is 4.79 Å². The van der Waals surface area contributed by atoms with Crippen LogP contribution in [0.1, 0.15) is 47.8 Å². The fraction of sp³-hybridized carbons (Fsp3) is 0.250. The van der Waals surface area contributed by atoms with Gasteiger partial charge in [-0.15, -0.1) is 0 Å². The first-order valence-electron chi connectivity index (χ1n) is 9.78. The molecule has 29 heavy (non-hydrogen) atoms. The zero-order chi connectivity index (χ0) is 20.8. The first-order valence-corrected chi connectivity index (χ1v) is 10.2. The molecule has 2 aromatic rings. The summed E-state index contributed by atoms with van der Waals surface area (Å²) in [4.78, 5) is 17.0. The summed E-state index contributed by atoms with van der Waals surface area (Å²) in [5.41, 5.74) is 3.50. The number of halogens is 1. The van der Waals surface area contributed by atoms with Gasteiger partial charge >= 0.3 is 0 Å². The Morgan fingerprint density at radius 2 is 2.00 bits per heavy atom. The van der Waals surface area contributed by atoms with Crippen LogP contribution < -0.4 is 10.6 Å². The summed E-state index contributed by atoms with van der Waals surface area (Å²) in [7, 11) is 0. The van der Waals surface area contributed by atoms with E-state index in [0.717, 1.165) is 29.1 Å². The summed E-state index contributed by atoms with van der Waals surface area (Å²) < 4.78 is 0. The smallest absolute Gasteiger partial charge is 0.255 e. The molecule has 0 saturated heterocycles. The maximum atomic E-state index is 12.5. The second-order valence-corrected chi connectivity index (χ2v) is 7.80. The molecule has 150 valence electrons. The molecule has 0 aliphatic carbocycles. The summed E-state index contributed by atoms with van der Waals surface area (Å²) in [6.45, 7) is 6.18. The van der Waals surface area contributed by atoms with Crippen LogP contribution in [0.15, 0.2) is 77.6 Å². The molecule has 1 unspecified atom stereocenters. The largest absolute Gasteiger partial charge is 0.364 e. The number of carbonyl (C=O) groups excluding carboxylic acids is 1. The van der Waals surface area contributed by atoms with Crippen molar-refractivity contribution in [3.8, 4) is 0 Å². The molecule has 2 aromatic carbocycles. The number of aryl methyl sites for hydroxylation is 1. The molecule has 0 fully saturated rings. The molecule has 2 N–H and O–H groups in total. The topological polar surface area (TPSA) is 53.5 Å². The van der Waals surface area contributed by atoms with Crippen molar-refractivity contribution in [2.24, 2.45) is 10.9 Å². The van der Waals surface area contributed by atoms with E-state index < -0.39 is 0 Å². The molecule has 1 heterocycles. The molecule has 0 aromatic heterocycles. The van der Waals surface area contributed by atoms with Gasteiger partial charge in [-0.25, -0.2) is 4.99 Å². The number of aliphatic imine (C=N–C) groups is 1. The van der Waals surface area contributed by atoms with Crippen molar-refractivity contribution in [3.63, 3.8) is 0 Å². The van der Waals surface area contributed by atoms with E-state index in [1.54, 1.807) is 0 Å². The minimum absolute atomic E-state index is 0.000828. The van der Waals surface area contributed by atoms with E-state index in [-0.39, 0.29) is 11.9 Å². The van der Waals surface area contributed by atoms with Gasteiger partial charge in [-0.3, -0.25) is 4.79 Å². The van der Waals surface area contributed by atoms with Gasteiger partial charge < -0.3 is 10.6 Å². The third kappa shape index (κ3) is 6.06. The summed E-state index contributed by atoms with van der Waals surface area (Å²) >= 11 is 6.15. The highest BCUT2D eigenvalue weighted by Crippen LogP contribution is 2.21. The molecule has 1 amide bonds. The average Bonchev–Trinajstić information content (AvgIpc) is 2.67. The molecule has 0 spiro atoms. The molecule has 0 radical (unpaired) electrons. The lowest BCUT2D eigenvalue weighted by Gasteiger charge is -2.19. The fourth-order valence-corrected chi connectivity index (χ4v) is 3.35. The van der Waals surface area contributed by atoms with E-state index in [2.05, 4.69) is 35.5 Å². The van der Waals surface area contributed by atoms with E-state index in [4.69, 9.17) is 11.6 Å². The molecule has 3 rings (SSSR count). The molecule has 1 aliphatic rings. The van der Waals surface area contributed by atoms with Gasteiger partial charge in [0, 0.05) is 11.3 Å². The number of anilines is 1. The Morgan fingerprint density at radius 1 is 1.21 bits per heavy atom. The maximum Gasteiger partial charge on any atom is 0.255 e. The van der Waals surface area contributed by atoms with Gasteiger partial charge in [-0.2, -0.15) is 0 Å². The van der Waals surface area contributed by atoms with Gasteiger partial charge in [0.15, 0.2) is 0 Å². The Morgan fingerprint density at radius 3 is 2.79 bits per heavy atom. The van der Waals surface area contributed by atoms with Crippen molar-refractivity contribution in [1.29, 1.82) is 0 Å². The second kappa shape index (κ2) is 9.57. The van der Waals surface area contributed by atoms with Crippen LogP contribution in [0.3, 0.4) is 0 Å². The van der Waals surface area contributed by atoms with Crippen LogP contribution in [0.5, 0.6) is 0 Å². The zero-order valence-electron chi connectivity index (χ0n) is 16.9. The van der Waals surface area contributed by atoms with Crippen LogP contribution in [0, 0.1) is 12.8 Å². The van der Waals surface area contributed by atoms with E-state index in [0.29, 0.717) is 16.7 Å². The number of hydrogen-bond acceptors (Lipinski definition) is 3. The SMILES string of the molecule is Cc1cccc(C(=O)Nc2cccc([C@H](C)NC3=CC(C)C/C=C/C(Cl)=N3)c2)c1. The number of nitrogens with zero attached hydrogens (tertiary/aromatic N) is 1. The summed E-state index contributed by atoms with van der Waals surface area (Å²) in [5, 5.41) is 6.86. The van der Waals surface area contributed by atoms with Crippen LogP contribution in [-0.2, 0) is 0 Å². The lowest BCUT2D eigenvalue weighted by Crippen LogP contribution is -2.19. The van der Waals surface area contributed by atoms with Crippen molar-refractivity contribution in [1.82, 2.24) is 5.32 Å². The number of benzene rings is 2. The third-order valence-corrected chi connectivity index (χ3v) is 4.93. The van der Waals surface area contributed by atoms with Crippen LogP contribution >= 0.6 is 11.6 Å². The number of rotatable bonds is 5. The number of nitrogens with one attached hydrogen (secondary N) is 2. The lowest BCUT2D eigenvalue weighted by molar-refractivity contribution is 0.102. The second-order valence-electron chi connectivity index (χ2n) is 7.42. The van der Waals surface area contributed by atoms with Crippen LogP contribution in [-0.4, -0.2) is 11.1 Å². The first kappa shape index (κ1) is 20.9. The van der Waals surface area contributed by atoms with Crippen LogP contribution in [0.2, 0.25) is 0 Å². The van der Waals surface area contributed by atoms with E-state index in [1.807, 2.05) is 67.6 Å². The van der Waals surface area contributed by atoms with E-state index in [1.165, 1.54) is 0 Å². The van der Waals surface area contributed by atoms with Crippen molar-refractivity contribution in [3.05, 3.63) is 89.3 Å². The van der Waals surface area contributed by atoms with Gasteiger partial charge in [-0.1, -0.05) is 54.4 Å². The summed E-state index contributed by atoms with van der Waals surface area (Å²) in [5.74, 6) is 1.01. The molecule has 0 bridgehead atoms.